The van der Waals surface area contributed by atoms with Crippen molar-refractivity contribution in [3.63, 3.8) is 0 Å². The maximum absolute atomic E-state index is 13.3. The lowest BCUT2D eigenvalue weighted by Crippen LogP contribution is -2.42. The number of fused-ring (bicyclic) bond motifs is 1. The van der Waals surface area contributed by atoms with Gasteiger partial charge in [-0.15, -0.1) is 16.1 Å². The molecule has 0 bridgehead atoms. The van der Waals surface area contributed by atoms with Crippen LogP contribution in [-0.4, -0.2) is 33.7 Å². The highest BCUT2D eigenvalue weighted by Gasteiger charge is 2.31. The average Bonchev–Trinajstić information content (AvgIpc) is 3.26. The summed E-state index contributed by atoms with van der Waals surface area (Å²) in [5, 5.41) is 3.09. The predicted octanol–water partition coefficient (Wildman–Crippen LogP) is 4.45. The zero-order chi connectivity index (χ0) is 25.3. The lowest BCUT2D eigenvalue weighted by Gasteiger charge is -2.29. The van der Waals surface area contributed by atoms with E-state index in [0.717, 1.165) is 21.7 Å². The van der Waals surface area contributed by atoms with E-state index in [0.29, 0.717) is 34.7 Å². The smallest absolute Gasteiger partial charge is 0.408 e. The lowest BCUT2D eigenvalue weighted by atomic mass is 10.1. The number of rotatable bonds is 6. The van der Waals surface area contributed by atoms with Gasteiger partial charge < -0.3 is 15.1 Å². The Morgan fingerprint density at radius 1 is 1.23 bits per heavy atom. The quantitative estimate of drug-likeness (QED) is 0.535. The summed E-state index contributed by atoms with van der Waals surface area (Å²) in [6, 6.07) is 8.03. The molecule has 4 rings (SSSR count). The van der Waals surface area contributed by atoms with Crippen molar-refractivity contribution in [2.45, 2.75) is 46.0 Å². The van der Waals surface area contributed by atoms with Crippen molar-refractivity contribution in [2.24, 2.45) is 0 Å². The van der Waals surface area contributed by atoms with Gasteiger partial charge in [0.2, 0.25) is 5.95 Å². The van der Waals surface area contributed by atoms with Crippen LogP contribution in [0.1, 0.15) is 56.8 Å². The number of nitrogens with one attached hydrogen (secondary N) is 1. The van der Waals surface area contributed by atoms with E-state index in [1.54, 1.807) is 24.8 Å². The normalized spacial score (nSPS) is 14.4. The zero-order valence-corrected chi connectivity index (χ0v) is 20.3. The second kappa shape index (κ2) is 9.73. The number of aromatic nitrogens is 2. The van der Waals surface area contributed by atoms with Crippen molar-refractivity contribution in [2.75, 3.05) is 18.5 Å². The number of thiophene rings is 1. The first-order valence-corrected chi connectivity index (χ1v) is 12.0. The molecule has 7 nitrogen and oxygen atoms in total. The van der Waals surface area contributed by atoms with Crippen LogP contribution >= 0.6 is 11.3 Å². The minimum absolute atomic E-state index is 0.124. The number of aryl methyl sites for hydroxylation is 1. The van der Waals surface area contributed by atoms with Crippen LogP contribution in [0.4, 0.5) is 19.1 Å². The number of nitrogens with zero attached hydrogens (tertiary/aromatic N) is 3. The van der Waals surface area contributed by atoms with E-state index >= 15 is 0 Å². The van der Waals surface area contributed by atoms with E-state index in [1.807, 2.05) is 13.0 Å². The topological polar surface area (TPSA) is 76.5 Å². The van der Waals surface area contributed by atoms with Gasteiger partial charge in [0.15, 0.2) is 0 Å². The van der Waals surface area contributed by atoms with Crippen molar-refractivity contribution in [1.82, 2.24) is 14.6 Å². The third-order valence-electron chi connectivity index (χ3n) is 5.77. The molecule has 186 valence electrons. The highest BCUT2D eigenvalue weighted by Crippen LogP contribution is 2.30. The minimum Gasteiger partial charge on any atom is -0.408 e. The molecule has 0 fully saturated rings. The largest absolute Gasteiger partial charge is 0.416 e. The number of benzene rings is 1. The van der Waals surface area contributed by atoms with E-state index in [2.05, 4.69) is 10.3 Å². The van der Waals surface area contributed by atoms with Crippen molar-refractivity contribution in [3.05, 3.63) is 78.9 Å². The Morgan fingerprint density at radius 2 is 1.94 bits per heavy atom. The van der Waals surface area contributed by atoms with Crippen LogP contribution in [0.25, 0.3) is 0 Å². The van der Waals surface area contributed by atoms with Crippen LogP contribution in [0.3, 0.4) is 0 Å². The summed E-state index contributed by atoms with van der Waals surface area (Å²) in [5.41, 5.74) is 0.400. The van der Waals surface area contributed by atoms with Gasteiger partial charge in [-0.25, -0.2) is 4.98 Å². The van der Waals surface area contributed by atoms with Gasteiger partial charge in [0, 0.05) is 17.8 Å². The van der Waals surface area contributed by atoms with Gasteiger partial charge in [-0.3, -0.25) is 9.59 Å². The number of anilines is 1. The van der Waals surface area contributed by atoms with E-state index < -0.39 is 23.3 Å². The third-order valence-corrected chi connectivity index (χ3v) is 6.76. The molecular formula is C24H25F3N4O3S. The van der Waals surface area contributed by atoms with Gasteiger partial charge in [0.05, 0.1) is 34.3 Å². The van der Waals surface area contributed by atoms with Gasteiger partial charge in [-0.2, -0.15) is 13.2 Å². The summed E-state index contributed by atoms with van der Waals surface area (Å²) in [4.78, 5) is 39.6. The van der Waals surface area contributed by atoms with E-state index in [-0.39, 0.29) is 25.0 Å². The maximum Gasteiger partial charge on any atom is 0.416 e. The van der Waals surface area contributed by atoms with Gasteiger partial charge >= 0.3 is 6.18 Å². The second-order valence-corrected chi connectivity index (χ2v) is 9.54. The fourth-order valence-electron chi connectivity index (χ4n) is 3.92. The Bertz CT molecular complexity index is 1280. The Labute approximate surface area is 204 Å². The average molecular weight is 507 g/mol. The lowest BCUT2D eigenvalue weighted by molar-refractivity contribution is -0.137. The summed E-state index contributed by atoms with van der Waals surface area (Å²) in [6.07, 6.45) is -4.01. The maximum atomic E-state index is 13.3. The van der Waals surface area contributed by atoms with Crippen molar-refractivity contribution in [3.8, 4) is 0 Å². The molecule has 0 aliphatic carbocycles. The number of hydrogen-bond donors (Lipinski definition) is 1. The number of carbonyl (C=O) groups excluding carboxylic acids is 1. The van der Waals surface area contributed by atoms with Crippen LogP contribution in [0, 0.1) is 6.92 Å². The molecule has 0 spiro atoms. The van der Waals surface area contributed by atoms with Gasteiger partial charge in [0.25, 0.3) is 11.5 Å². The van der Waals surface area contributed by atoms with Crippen molar-refractivity contribution < 1.29 is 22.8 Å². The first-order chi connectivity index (χ1) is 16.6. The van der Waals surface area contributed by atoms with Crippen LogP contribution in [0.2, 0.25) is 0 Å². The predicted molar refractivity (Wildman–Crippen MR) is 127 cm³/mol. The van der Waals surface area contributed by atoms with Gasteiger partial charge in [0.1, 0.15) is 6.61 Å². The SMILES string of the molecule is CCOn1c(N[C@H](C)c2ccc(C(F)(F)F)cc2)nc2c(c1=O)CN(C(=O)c1ccc(C)s1)CC2. The van der Waals surface area contributed by atoms with Gasteiger partial charge in [-0.1, -0.05) is 12.1 Å². The number of amides is 1. The van der Waals surface area contributed by atoms with Crippen LogP contribution in [-0.2, 0) is 19.1 Å². The molecule has 1 aliphatic rings. The summed E-state index contributed by atoms with van der Waals surface area (Å²) in [7, 11) is 0. The molecule has 0 saturated heterocycles. The molecule has 3 heterocycles. The van der Waals surface area contributed by atoms with E-state index in [1.165, 1.54) is 23.5 Å². The Balaban J connectivity index is 1.60. The standard InChI is InChI=1S/C24H25F3N4O3S/c1-4-34-31-21(32)18-13-30(22(33)20-10-5-14(2)35-20)12-11-19(18)29-23(31)28-15(3)16-6-8-17(9-7-16)24(25,26)27/h5-10,15H,4,11-13H2,1-3H3,(H,28,29)/t15-/m1/s1. The molecule has 1 atom stereocenters. The van der Waals surface area contributed by atoms with Crippen LogP contribution in [0.15, 0.2) is 41.2 Å². The molecule has 1 amide bonds. The fraction of sp³-hybridized carbons (Fsp3) is 0.375. The Hall–Kier alpha value is -3.34. The minimum atomic E-state index is -4.41. The molecule has 1 aromatic carbocycles. The number of hydrogen-bond acceptors (Lipinski definition) is 6. The van der Waals surface area contributed by atoms with Crippen LogP contribution in [0.5, 0.6) is 0 Å². The zero-order valence-electron chi connectivity index (χ0n) is 19.5. The molecule has 1 N–H and O–H groups in total. The molecule has 2 aromatic heterocycles. The number of carbonyl (C=O) groups is 1. The molecule has 11 heteroatoms. The first-order valence-electron chi connectivity index (χ1n) is 11.2. The van der Waals surface area contributed by atoms with Crippen molar-refractivity contribution >= 4 is 23.2 Å². The number of alkyl halides is 3. The van der Waals surface area contributed by atoms with Crippen molar-refractivity contribution in [1.29, 1.82) is 0 Å². The highest BCUT2D eigenvalue weighted by atomic mass is 32.1. The Kier molecular flexibility index (Phi) is 6.88. The van der Waals surface area contributed by atoms with E-state index in [4.69, 9.17) is 4.84 Å². The molecule has 0 radical (unpaired) electrons. The molecule has 35 heavy (non-hydrogen) atoms. The molecule has 0 saturated carbocycles. The highest BCUT2D eigenvalue weighted by molar-refractivity contribution is 7.13. The monoisotopic (exact) mass is 506 g/mol. The third kappa shape index (κ3) is 5.19. The molecule has 3 aromatic rings. The number of halogens is 3. The summed E-state index contributed by atoms with van der Waals surface area (Å²) in [6.45, 7) is 6.15. The van der Waals surface area contributed by atoms with Crippen LogP contribution < -0.4 is 15.7 Å². The molecular weight excluding hydrogens is 481 g/mol. The summed E-state index contributed by atoms with van der Waals surface area (Å²) < 4.78 is 39.7. The molecule has 0 unspecified atom stereocenters. The fourth-order valence-corrected chi connectivity index (χ4v) is 4.75. The van der Waals surface area contributed by atoms with Gasteiger partial charge in [-0.05, 0) is 50.6 Å². The Morgan fingerprint density at radius 3 is 2.54 bits per heavy atom. The van der Waals surface area contributed by atoms with E-state index in [9.17, 15) is 22.8 Å². The summed E-state index contributed by atoms with van der Waals surface area (Å²) >= 11 is 1.41. The second-order valence-electron chi connectivity index (χ2n) is 8.25. The molecule has 1 aliphatic heterocycles. The first kappa shape index (κ1) is 24.8. The summed E-state index contributed by atoms with van der Waals surface area (Å²) in [5.74, 6) is 0.0332.